The van der Waals surface area contributed by atoms with Crippen molar-refractivity contribution in [3.8, 4) is 0 Å². The van der Waals surface area contributed by atoms with E-state index in [1.54, 1.807) is 7.05 Å². The van der Waals surface area contributed by atoms with Crippen LogP contribution in [0.15, 0.2) is 24.3 Å². The maximum atomic E-state index is 12.4. The molecule has 0 aromatic heterocycles. The van der Waals surface area contributed by atoms with Crippen molar-refractivity contribution in [1.29, 1.82) is 0 Å². The predicted octanol–water partition coefficient (Wildman–Crippen LogP) is 2.78. The van der Waals surface area contributed by atoms with E-state index in [0.29, 0.717) is 5.69 Å². The number of halogens is 2. The lowest BCUT2D eigenvalue weighted by Gasteiger charge is -2.12. The summed E-state index contributed by atoms with van der Waals surface area (Å²) in [6.07, 6.45) is 0. The quantitative estimate of drug-likeness (QED) is 0.538. The highest BCUT2D eigenvalue weighted by molar-refractivity contribution is 9.18. The fourth-order valence-electron chi connectivity index (χ4n) is 0.766. The van der Waals surface area contributed by atoms with Crippen LogP contribution in [-0.2, 0) is 0 Å². The van der Waals surface area contributed by atoms with Gasteiger partial charge in [0, 0.05) is 28.7 Å². The number of anilines is 1. The Kier molecular flexibility index (Phi) is 2.81. The van der Waals surface area contributed by atoms with E-state index in [1.807, 2.05) is 0 Å². The molecule has 0 spiro atoms. The normalized spacial score (nSPS) is 9.58. The Bertz CT molecular complexity index is 286. The van der Waals surface area contributed by atoms with Gasteiger partial charge in [-0.1, -0.05) is 0 Å². The Labute approximate surface area is 78.1 Å². The van der Waals surface area contributed by atoms with Crippen LogP contribution >= 0.6 is 15.9 Å². The lowest BCUT2D eigenvalue weighted by Crippen LogP contribution is -2.18. The first kappa shape index (κ1) is 9.19. The minimum absolute atomic E-state index is 0.255. The largest absolute Gasteiger partial charge is 0.306 e. The molecule has 64 valence electrons. The maximum Gasteiger partial charge on any atom is 0.293 e. The Morgan fingerprint density at radius 2 is 1.92 bits per heavy atom. The highest BCUT2D eigenvalue weighted by Crippen LogP contribution is 2.14. The third-order valence-electron chi connectivity index (χ3n) is 1.48. The van der Waals surface area contributed by atoms with E-state index in [0.717, 1.165) is 0 Å². The number of rotatable bonds is 1. The molecule has 0 radical (unpaired) electrons. The molecule has 0 heterocycles. The first-order chi connectivity index (χ1) is 5.61. The molecule has 1 aromatic carbocycles. The van der Waals surface area contributed by atoms with Gasteiger partial charge >= 0.3 is 0 Å². The molecule has 4 heteroatoms. The van der Waals surface area contributed by atoms with E-state index in [2.05, 4.69) is 15.9 Å². The van der Waals surface area contributed by atoms with Gasteiger partial charge in [-0.25, -0.2) is 4.39 Å². The van der Waals surface area contributed by atoms with Crippen LogP contribution in [0, 0.1) is 5.82 Å². The smallest absolute Gasteiger partial charge is 0.293 e. The Balaban J connectivity index is 2.89. The van der Waals surface area contributed by atoms with Crippen molar-refractivity contribution in [2.24, 2.45) is 0 Å². The van der Waals surface area contributed by atoms with E-state index < -0.39 is 0 Å². The molecule has 0 saturated carbocycles. The first-order valence-electron chi connectivity index (χ1n) is 3.30. The summed E-state index contributed by atoms with van der Waals surface area (Å²) in [5.74, 6) is -0.311. The van der Waals surface area contributed by atoms with Crippen molar-refractivity contribution in [3.05, 3.63) is 30.1 Å². The van der Waals surface area contributed by atoms with E-state index >= 15 is 0 Å². The monoisotopic (exact) mass is 231 g/mol. The number of carbonyl (C=O) groups excluding carboxylic acids is 1. The van der Waals surface area contributed by atoms with E-state index in [-0.39, 0.29) is 10.6 Å². The molecule has 2 nitrogen and oxygen atoms in total. The molecule has 0 aliphatic rings. The minimum Gasteiger partial charge on any atom is -0.306 e. The van der Waals surface area contributed by atoms with E-state index in [9.17, 15) is 9.18 Å². The van der Waals surface area contributed by atoms with Crippen molar-refractivity contribution in [2.75, 3.05) is 11.9 Å². The number of amides is 1. The SMILES string of the molecule is CN(C(=O)Br)c1ccc(F)cc1. The number of hydrogen-bond donors (Lipinski definition) is 0. The zero-order valence-corrected chi connectivity index (χ0v) is 8.01. The van der Waals surface area contributed by atoms with Crippen molar-refractivity contribution in [2.45, 2.75) is 0 Å². The zero-order valence-electron chi connectivity index (χ0n) is 6.42. The average Bonchev–Trinajstić information content (AvgIpc) is 2.04. The van der Waals surface area contributed by atoms with Gasteiger partial charge in [0.25, 0.3) is 4.82 Å². The number of benzene rings is 1. The second-order valence-electron chi connectivity index (χ2n) is 2.29. The van der Waals surface area contributed by atoms with Crippen LogP contribution in [0.1, 0.15) is 0 Å². The molecule has 0 aliphatic carbocycles. The Morgan fingerprint density at radius 1 is 1.42 bits per heavy atom. The van der Waals surface area contributed by atoms with Crippen LogP contribution in [0.25, 0.3) is 0 Å². The second kappa shape index (κ2) is 3.67. The minimum atomic E-state index is -0.311. The molecule has 0 saturated heterocycles. The molecule has 1 aromatic rings. The summed E-state index contributed by atoms with van der Waals surface area (Å²) in [7, 11) is 1.60. The summed E-state index contributed by atoms with van der Waals surface area (Å²) >= 11 is 2.79. The van der Waals surface area contributed by atoms with Crippen LogP contribution < -0.4 is 4.90 Å². The lowest BCUT2D eigenvalue weighted by molar-refractivity contribution is 0.267. The summed E-state index contributed by atoms with van der Waals surface area (Å²) in [6.45, 7) is 0. The van der Waals surface area contributed by atoms with Crippen molar-refractivity contribution in [3.63, 3.8) is 0 Å². The van der Waals surface area contributed by atoms with Crippen LogP contribution in [-0.4, -0.2) is 11.9 Å². The molecule has 1 amide bonds. The summed E-state index contributed by atoms with van der Waals surface area (Å²) in [5.41, 5.74) is 0.651. The average molecular weight is 232 g/mol. The van der Waals surface area contributed by atoms with Gasteiger partial charge in [0.1, 0.15) is 5.82 Å². The third kappa shape index (κ3) is 2.04. The molecule has 12 heavy (non-hydrogen) atoms. The van der Waals surface area contributed by atoms with Crippen molar-refractivity contribution < 1.29 is 9.18 Å². The van der Waals surface area contributed by atoms with Crippen molar-refractivity contribution in [1.82, 2.24) is 0 Å². The summed E-state index contributed by atoms with van der Waals surface area (Å²) in [5, 5.41) is 0. The molecule has 1 rings (SSSR count). The van der Waals surface area contributed by atoms with Crippen LogP contribution in [0.2, 0.25) is 0 Å². The van der Waals surface area contributed by atoms with Gasteiger partial charge in [0.05, 0.1) is 0 Å². The molecule has 0 N–H and O–H groups in total. The number of carbonyl (C=O) groups is 1. The van der Waals surface area contributed by atoms with Gasteiger partial charge < -0.3 is 4.90 Å². The van der Waals surface area contributed by atoms with Gasteiger partial charge in [-0.3, -0.25) is 4.79 Å². The highest BCUT2D eigenvalue weighted by Gasteiger charge is 2.05. The first-order valence-corrected chi connectivity index (χ1v) is 4.09. The Hall–Kier alpha value is -0.900. The van der Waals surface area contributed by atoms with Gasteiger partial charge in [-0.05, 0) is 24.3 Å². The molecule has 0 unspecified atom stereocenters. The standard InChI is InChI=1S/C8H7BrFNO/c1-11(8(9)12)7-4-2-6(10)3-5-7/h2-5H,1H3. The van der Waals surface area contributed by atoms with Crippen molar-refractivity contribution >= 4 is 26.4 Å². The fraction of sp³-hybridized carbons (Fsp3) is 0.125. The number of nitrogens with zero attached hydrogens (tertiary/aromatic N) is 1. The van der Waals surface area contributed by atoms with Crippen LogP contribution in [0.3, 0.4) is 0 Å². The summed E-state index contributed by atoms with van der Waals surface area (Å²) < 4.78 is 12.4. The predicted molar refractivity (Wildman–Crippen MR) is 49.1 cm³/mol. The van der Waals surface area contributed by atoms with Crippen LogP contribution in [0.4, 0.5) is 14.9 Å². The van der Waals surface area contributed by atoms with Crippen LogP contribution in [0.5, 0.6) is 0 Å². The van der Waals surface area contributed by atoms with Gasteiger partial charge in [-0.2, -0.15) is 0 Å². The second-order valence-corrected chi connectivity index (χ2v) is 2.97. The third-order valence-corrected chi connectivity index (χ3v) is 2.01. The molecule has 0 fully saturated rings. The lowest BCUT2D eigenvalue weighted by atomic mass is 10.3. The summed E-state index contributed by atoms with van der Waals surface area (Å²) in [4.78, 5) is 11.9. The molecular weight excluding hydrogens is 225 g/mol. The van der Waals surface area contributed by atoms with Gasteiger partial charge in [0.15, 0.2) is 0 Å². The summed E-state index contributed by atoms with van der Waals surface area (Å²) in [6, 6.07) is 5.69. The van der Waals surface area contributed by atoms with E-state index in [1.165, 1.54) is 29.2 Å². The molecule has 0 aliphatic heterocycles. The number of hydrogen-bond acceptors (Lipinski definition) is 1. The fourth-order valence-corrected chi connectivity index (χ4v) is 0.971. The van der Waals surface area contributed by atoms with Gasteiger partial charge in [0.2, 0.25) is 0 Å². The molecule has 0 bridgehead atoms. The molecular formula is C8H7BrFNO. The zero-order chi connectivity index (χ0) is 9.14. The van der Waals surface area contributed by atoms with E-state index in [4.69, 9.17) is 0 Å². The maximum absolute atomic E-state index is 12.4. The highest BCUT2D eigenvalue weighted by atomic mass is 79.9. The topological polar surface area (TPSA) is 20.3 Å². The Morgan fingerprint density at radius 3 is 2.33 bits per heavy atom. The van der Waals surface area contributed by atoms with Gasteiger partial charge in [-0.15, -0.1) is 0 Å². The molecule has 0 atom stereocenters.